The maximum Gasteiger partial charge on any atom is 0.362 e. The minimum Gasteiger partial charge on any atom is -0.461 e. The Hall–Kier alpha value is -2.08. The summed E-state index contributed by atoms with van der Waals surface area (Å²) in [5.41, 5.74) is 6.35. The van der Waals surface area contributed by atoms with Crippen molar-refractivity contribution in [2.45, 2.75) is 6.92 Å². The molecule has 1 aromatic carbocycles. The fourth-order valence-electron chi connectivity index (χ4n) is 1.44. The minimum absolute atomic E-state index is 0.0169. The molecule has 0 aliphatic rings. The molecule has 0 radical (unpaired) electrons. The van der Waals surface area contributed by atoms with Crippen LogP contribution in [0.3, 0.4) is 0 Å². The van der Waals surface area contributed by atoms with Crippen molar-refractivity contribution in [2.75, 3.05) is 12.3 Å². The molecule has 2 N–H and O–H groups in total. The van der Waals surface area contributed by atoms with Crippen LogP contribution in [0.2, 0.25) is 5.02 Å². The molecular weight excluding hydrogens is 256 g/mol. The molecule has 0 unspecified atom stereocenters. The van der Waals surface area contributed by atoms with Gasteiger partial charge in [0.1, 0.15) is 0 Å². The number of rotatable bonds is 3. The lowest BCUT2D eigenvalue weighted by atomic mass is 10.3. The fraction of sp³-hybridized carbons (Fsp3) is 0.182. The number of halogens is 1. The number of hydrogen-bond donors (Lipinski definition) is 1. The number of nitrogens with zero attached hydrogens (tertiary/aromatic N) is 3. The monoisotopic (exact) mass is 266 g/mol. The van der Waals surface area contributed by atoms with Gasteiger partial charge in [0.2, 0.25) is 5.69 Å². The van der Waals surface area contributed by atoms with Crippen LogP contribution in [-0.4, -0.2) is 27.6 Å². The largest absolute Gasteiger partial charge is 0.461 e. The second-order valence-electron chi connectivity index (χ2n) is 3.41. The van der Waals surface area contributed by atoms with Gasteiger partial charge in [0.05, 0.1) is 17.3 Å². The summed E-state index contributed by atoms with van der Waals surface area (Å²) in [6.07, 6.45) is 0. The first-order chi connectivity index (χ1) is 8.65. The van der Waals surface area contributed by atoms with Gasteiger partial charge in [0, 0.05) is 0 Å². The maximum absolute atomic E-state index is 11.5. The molecule has 18 heavy (non-hydrogen) atoms. The molecule has 0 bridgehead atoms. The van der Waals surface area contributed by atoms with Gasteiger partial charge in [-0.25, -0.2) is 4.79 Å². The van der Waals surface area contributed by atoms with Gasteiger partial charge in [0.15, 0.2) is 5.82 Å². The SMILES string of the molecule is CCOC(=O)c1nnn(-c2ccccc2Cl)c1N. The second-order valence-corrected chi connectivity index (χ2v) is 3.81. The van der Waals surface area contributed by atoms with Gasteiger partial charge in [-0.1, -0.05) is 28.9 Å². The normalized spacial score (nSPS) is 10.3. The number of carbonyl (C=O) groups excluding carboxylic acids is 1. The molecule has 0 amide bonds. The zero-order valence-electron chi connectivity index (χ0n) is 9.63. The molecule has 0 saturated carbocycles. The highest BCUT2D eigenvalue weighted by molar-refractivity contribution is 6.32. The molecule has 1 aromatic heterocycles. The van der Waals surface area contributed by atoms with E-state index in [1.165, 1.54) is 4.68 Å². The molecule has 1 heterocycles. The molecule has 94 valence electrons. The summed E-state index contributed by atoms with van der Waals surface area (Å²) in [6, 6.07) is 6.99. The Bertz CT molecular complexity index is 582. The first-order valence-electron chi connectivity index (χ1n) is 5.28. The summed E-state index contributed by atoms with van der Waals surface area (Å²) in [5, 5.41) is 7.98. The molecule has 0 aliphatic heterocycles. The van der Waals surface area contributed by atoms with Crippen LogP contribution in [0.15, 0.2) is 24.3 Å². The highest BCUT2D eigenvalue weighted by Crippen LogP contribution is 2.22. The minimum atomic E-state index is -0.603. The lowest BCUT2D eigenvalue weighted by Gasteiger charge is -2.05. The van der Waals surface area contributed by atoms with Crippen molar-refractivity contribution in [1.29, 1.82) is 0 Å². The van der Waals surface area contributed by atoms with Crippen molar-refractivity contribution in [3.05, 3.63) is 35.0 Å². The molecular formula is C11H11ClN4O2. The number of hydrogen-bond acceptors (Lipinski definition) is 5. The number of nitrogens with two attached hydrogens (primary N) is 1. The lowest BCUT2D eigenvalue weighted by molar-refractivity contribution is 0.0520. The van der Waals surface area contributed by atoms with Crippen molar-refractivity contribution in [3.63, 3.8) is 0 Å². The number of aromatic nitrogens is 3. The topological polar surface area (TPSA) is 83.0 Å². The highest BCUT2D eigenvalue weighted by atomic mass is 35.5. The summed E-state index contributed by atoms with van der Waals surface area (Å²) >= 11 is 6.02. The zero-order chi connectivity index (χ0) is 13.1. The molecule has 2 aromatic rings. The number of benzene rings is 1. The Labute approximate surface area is 108 Å². The molecule has 0 aliphatic carbocycles. The standard InChI is InChI=1S/C11H11ClN4O2/c1-2-18-11(17)9-10(13)16(15-14-9)8-6-4-3-5-7(8)12/h3-6H,2,13H2,1H3. The van der Waals surface area contributed by atoms with Gasteiger partial charge in [-0.15, -0.1) is 5.10 Å². The van der Waals surface area contributed by atoms with E-state index in [4.69, 9.17) is 22.1 Å². The van der Waals surface area contributed by atoms with Crippen molar-refractivity contribution in [3.8, 4) is 5.69 Å². The summed E-state index contributed by atoms with van der Waals surface area (Å²) in [6.45, 7) is 1.95. The maximum atomic E-state index is 11.5. The van der Waals surface area contributed by atoms with Gasteiger partial charge in [-0.2, -0.15) is 4.68 Å². The van der Waals surface area contributed by atoms with E-state index in [0.717, 1.165) is 0 Å². The van der Waals surface area contributed by atoms with E-state index in [9.17, 15) is 4.79 Å². The predicted octanol–water partition coefficient (Wildman–Crippen LogP) is 1.68. The van der Waals surface area contributed by atoms with E-state index in [0.29, 0.717) is 10.7 Å². The van der Waals surface area contributed by atoms with E-state index in [1.807, 2.05) is 0 Å². The molecule has 0 atom stereocenters. The van der Waals surface area contributed by atoms with Gasteiger partial charge >= 0.3 is 5.97 Å². The van der Waals surface area contributed by atoms with Crippen molar-refractivity contribution >= 4 is 23.4 Å². The molecule has 2 rings (SSSR count). The van der Waals surface area contributed by atoms with Crippen LogP contribution in [0.4, 0.5) is 5.82 Å². The third-order valence-electron chi connectivity index (χ3n) is 2.25. The van der Waals surface area contributed by atoms with Crippen molar-refractivity contribution in [1.82, 2.24) is 15.0 Å². The van der Waals surface area contributed by atoms with Crippen molar-refractivity contribution < 1.29 is 9.53 Å². The number of nitrogen functional groups attached to an aromatic ring is 1. The second kappa shape index (κ2) is 5.05. The summed E-state index contributed by atoms with van der Waals surface area (Å²) < 4.78 is 6.12. The summed E-state index contributed by atoms with van der Waals surface area (Å²) in [7, 11) is 0. The highest BCUT2D eigenvalue weighted by Gasteiger charge is 2.20. The quantitative estimate of drug-likeness (QED) is 0.855. The molecule has 7 heteroatoms. The Morgan fingerprint density at radius 1 is 1.50 bits per heavy atom. The molecule has 6 nitrogen and oxygen atoms in total. The molecule has 0 saturated heterocycles. The van der Waals surface area contributed by atoms with E-state index in [1.54, 1.807) is 31.2 Å². The van der Waals surface area contributed by atoms with Crippen LogP contribution >= 0.6 is 11.6 Å². The molecule has 0 fully saturated rings. The van der Waals surface area contributed by atoms with Gasteiger partial charge in [-0.05, 0) is 19.1 Å². The van der Waals surface area contributed by atoms with Crippen molar-refractivity contribution in [2.24, 2.45) is 0 Å². The van der Waals surface area contributed by atoms with E-state index >= 15 is 0 Å². The number of para-hydroxylation sites is 1. The van der Waals surface area contributed by atoms with Crippen LogP contribution in [0.25, 0.3) is 5.69 Å². The summed E-state index contributed by atoms with van der Waals surface area (Å²) in [5.74, 6) is -0.505. The third-order valence-corrected chi connectivity index (χ3v) is 2.57. The fourth-order valence-corrected chi connectivity index (χ4v) is 1.65. The average molecular weight is 267 g/mol. The third kappa shape index (κ3) is 2.14. The smallest absolute Gasteiger partial charge is 0.362 e. The number of ether oxygens (including phenoxy) is 1. The Balaban J connectivity index is 2.43. The van der Waals surface area contributed by atoms with Crippen LogP contribution in [0.5, 0.6) is 0 Å². The Kier molecular flexibility index (Phi) is 3.47. The Morgan fingerprint density at radius 3 is 2.89 bits per heavy atom. The molecule has 0 spiro atoms. The van der Waals surface area contributed by atoms with Crippen LogP contribution in [0.1, 0.15) is 17.4 Å². The average Bonchev–Trinajstić information content (AvgIpc) is 2.72. The van der Waals surface area contributed by atoms with Gasteiger partial charge in [0.25, 0.3) is 0 Å². The first kappa shape index (κ1) is 12.4. The predicted molar refractivity (Wildman–Crippen MR) is 66.7 cm³/mol. The zero-order valence-corrected chi connectivity index (χ0v) is 10.4. The van der Waals surface area contributed by atoms with Crippen LogP contribution in [0, 0.1) is 0 Å². The van der Waals surface area contributed by atoms with Crippen LogP contribution in [-0.2, 0) is 4.74 Å². The van der Waals surface area contributed by atoms with E-state index < -0.39 is 5.97 Å². The first-order valence-corrected chi connectivity index (χ1v) is 5.66. The van der Waals surface area contributed by atoms with Gasteiger partial charge in [-0.3, -0.25) is 0 Å². The number of esters is 1. The van der Waals surface area contributed by atoms with E-state index in [-0.39, 0.29) is 18.1 Å². The summed E-state index contributed by atoms with van der Waals surface area (Å²) in [4.78, 5) is 11.5. The number of carbonyl (C=O) groups is 1. The van der Waals surface area contributed by atoms with Gasteiger partial charge < -0.3 is 10.5 Å². The van der Waals surface area contributed by atoms with E-state index in [2.05, 4.69) is 10.3 Å². The van der Waals surface area contributed by atoms with Crippen LogP contribution < -0.4 is 5.73 Å². The Morgan fingerprint density at radius 2 is 2.22 bits per heavy atom. The lowest BCUT2D eigenvalue weighted by Crippen LogP contribution is -2.09. The number of anilines is 1.